The van der Waals surface area contributed by atoms with Crippen LogP contribution in [0.2, 0.25) is 0 Å². The number of hydrogen-bond donors (Lipinski definition) is 1. The molecule has 0 saturated heterocycles. The molecule has 1 N–H and O–H groups in total. The van der Waals surface area contributed by atoms with Crippen molar-refractivity contribution in [2.45, 2.75) is 20.8 Å². The fourth-order valence-corrected chi connectivity index (χ4v) is 2.53. The number of nitriles is 1. The third-order valence-electron chi connectivity index (χ3n) is 3.77. The van der Waals surface area contributed by atoms with E-state index in [1.54, 1.807) is 19.9 Å². The van der Waals surface area contributed by atoms with Crippen molar-refractivity contribution in [3.8, 4) is 6.07 Å². The lowest BCUT2D eigenvalue weighted by molar-refractivity contribution is -0.122. The highest BCUT2D eigenvalue weighted by atomic mass is 16.5. The Bertz CT molecular complexity index is 881. The van der Waals surface area contributed by atoms with Gasteiger partial charge >= 0.3 is 5.97 Å². The molecule has 0 bridgehead atoms. The van der Waals surface area contributed by atoms with E-state index in [2.05, 4.69) is 4.98 Å². The number of nitrogens with zero attached hydrogens (tertiary/aromatic N) is 2. The molecule has 0 spiro atoms. The summed E-state index contributed by atoms with van der Waals surface area (Å²) in [5, 5.41) is 17.1. The van der Waals surface area contributed by atoms with Gasteiger partial charge in [-0.1, -0.05) is 18.2 Å². The molecule has 0 saturated carbocycles. The van der Waals surface area contributed by atoms with Gasteiger partial charge in [-0.15, -0.1) is 0 Å². The number of aryl methyl sites for hydroxylation is 2. The molecule has 6 heteroatoms. The molecule has 1 aromatic heterocycles. The molecule has 1 heterocycles. The maximum Gasteiger partial charge on any atom is 0.340 e. The molecule has 24 heavy (non-hydrogen) atoms. The van der Waals surface area contributed by atoms with Crippen LogP contribution in [0.1, 0.15) is 28.5 Å². The summed E-state index contributed by atoms with van der Waals surface area (Å²) in [6, 6.07) is 9.18. The SMILES string of the molecule is CC(=N)[C@H](C#N)C(=O)COC(=O)c1c(C)nc2ccccc2c1C. The Kier molecular flexibility index (Phi) is 5.05. The van der Waals surface area contributed by atoms with E-state index < -0.39 is 24.3 Å². The van der Waals surface area contributed by atoms with Crippen LogP contribution in [0.25, 0.3) is 10.9 Å². The van der Waals surface area contributed by atoms with Gasteiger partial charge in [0, 0.05) is 11.1 Å². The van der Waals surface area contributed by atoms with Crippen LogP contribution in [0, 0.1) is 36.5 Å². The second-order valence-corrected chi connectivity index (χ2v) is 5.50. The summed E-state index contributed by atoms with van der Waals surface area (Å²) in [6.45, 7) is 4.33. The van der Waals surface area contributed by atoms with E-state index in [0.29, 0.717) is 11.3 Å². The first-order valence-corrected chi connectivity index (χ1v) is 7.37. The number of carbonyl (C=O) groups is 2. The molecule has 122 valence electrons. The predicted molar refractivity (Wildman–Crippen MR) is 89.0 cm³/mol. The molecule has 0 aliphatic carbocycles. The number of pyridine rings is 1. The first-order chi connectivity index (χ1) is 11.4. The number of para-hydroxylation sites is 1. The summed E-state index contributed by atoms with van der Waals surface area (Å²) in [5.41, 5.74) is 2.28. The van der Waals surface area contributed by atoms with Gasteiger partial charge < -0.3 is 10.1 Å². The molecule has 0 radical (unpaired) electrons. The van der Waals surface area contributed by atoms with Crippen molar-refractivity contribution in [1.82, 2.24) is 4.98 Å². The van der Waals surface area contributed by atoms with Crippen molar-refractivity contribution in [2.24, 2.45) is 5.92 Å². The van der Waals surface area contributed by atoms with E-state index in [-0.39, 0.29) is 5.71 Å². The number of benzene rings is 1. The minimum absolute atomic E-state index is 0.0710. The lowest BCUT2D eigenvalue weighted by atomic mass is 10.0. The molecule has 2 aromatic rings. The standard InChI is InChI=1S/C18H17N3O3/c1-10-13-6-4-5-7-15(13)21-12(3)17(10)18(23)24-9-16(22)14(8-19)11(2)20/h4-7,14,20H,9H2,1-3H3/t14-/m0/s1. The molecule has 2 rings (SSSR count). The van der Waals surface area contributed by atoms with Gasteiger partial charge in [-0.25, -0.2) is 4.79 Å². The molecular formula is C18H17N3O3. The Hall–Kier alpha value is -3.07. The second-order valence-electron chi connectivity index (χ2n) is 5.50. The quantitative estimate of drug-likeness (QED) is 0.673. The van der Waals surface area contributed by atoms with Crippen LogP contribution in [-0.4, -0.2) is 29.1 Å². The second kappa shape index (κ2) is 7.01. The monoisotopic (exact) mass is 323 g/mol. The lowest BCUT2D eigenvalue weighted by Gasteiger charge is -2.12. The van der Waals surface area contributed by atoms with Gasteiger partial charge in [0.15, 0.2) is 12.4 Å². The fourth-order valence-electron chi connectivity index (χ4n) is 2.53. The molecule has 1 atom stereocenters. The van der Waals surface area contributed by atoms with Gasteiger partial charge in [-0.05, 0) is 32.4 Å². The number of ketones is 1. The highest BCUT2D eigenvalue weighted by molar-refractivity contribution is 6.06. The summed E-state index contributed by atoms with van der Waals surface area (Å²) in [5.74, 6) is -2.45. The van der Waals surface area contributed by atoms with Crippen molar-refractivity contribution in [3.63, 3.8) is 0 Å². The number of carbonyl (C=O) groups excluding carboxylic acids is 2. The zero-order valence-corrected chi connectivity index (χ0v) is 13.7. The molecule has 0 aliphatic rings. The van der Waals surface area contributed by atoms with Crippen LogP contribution in [0.3, 0.4) is 0 Å². The zero-order valence-electron chi connectivity index (χ0n) is 13.7. The number of Topliss-reactive ketones (excluding diaryl/α,β-unsaturated/α-hetero) is 1. The Morgan fingerprint density at radius 2 is 2.00 bits per heavy atom. The van der Waals surface area contributed by atoms with Gasteiger partial charge in [0.05, 0.1) is 22.8 Å². The highest BCUT2D eigenvalue weighted by Crippen LogP contribution is 2.23. The van der Waals surface area contributed by atoms with Gasteiger partial charge in [-0.2, -0.15) is 5.26 Å². The first kappa shape index (κ1) is 17.3. The minimum Gasteiger partial charge on any atom is -0.454 e. The lowest BCUT2D eigenvalue weighted by Crippen LogP contribution is -2.26. The number of ether oxygens (including phenoxy) is 1. The number of hydrogen-bond acceptors (Lipinski definition) is 6. The number of fused-ring (bicyclic) bond motifs is 1. The van der Waals surface area contributed by atoms with Gasteiger partial charge in [0.25, 0.3) is 0 Å². The Morgan fingerprint density at radius 3 is 2.62 bits per heavy atom. The summed E-state index contributed by atoms with van der Waals surface area (Å²) in [4.78, 5) is 28.6. The smallest absolute Gasteiger partial charge is 0.340 e. The number of aromatic nitrogens is 1. The van der Waals surface area contributed by atoms with Gasteiger partial charge in [0.2, 0.25) is 0 Å². The van der Waals surface area contributed by atoms with E-state index in [1.165, 1.54) is 6.92 Å². The van der Waals surface area contributed by atoms with E-state index >= 15 is 0 Å². The maximum atomic E-state index is 12.4. The van der Waals surface area contributed by atoms with Crippen molar-refractivity contribution < 1.29 is 14.3 Å². The maximum absolute atomic E-state index is 12.4. The summed E-state index contributed by atoms with van der Waals surface area (Å²) in [6.07, 6.45) is 0. The topological polar surface area (TPSA) is 104 Å². The summed E-state index contributed by atoms with van der Waals surface area (Å²) >= 11 is 0. The van der Waals surface area contributed by atoms with Crippen molar-refractivity contribution >= 4 is 28.4 Å². The average Bonchev–Trinajstić information content (AvgIpc) is 2.53. The van der Waals surface area contributed by atoms with Crippen molar-refractivity contribution in [2.75, 3.05) is 6.61 Å². The van der Waals surface area contributed by atoms with E-state index in [1.807, 2.05) is 24.3 Å². The van der Waals surface area contributed by atoms with Crippen LogP contribution in [-0.2, 0) is 9.53 Å². The van der Waals surface area contributed by atoms with Crippen LogP contribution >= 0.6 is 0 Å². The van der Waals surface area contributed by atoms with Crippen LogP contribution in [0.5, 0.6) is 0 Å². The predicted octanol–water partition coefficient (Wildman–Crippen LogP) is 2.76. The van der Waals surface area contributed by atoms with E-state index in [4.69, 9.17) is 15.4 Å². The fraction of sp³-hybridized carbons (Fsp3) is 0.278. The third kappa shape index (κ3) is 3.30. The van der Waals surface area contributed by atoms with Gasteiger partial charge in [0.1, 0.15) is 5.92 Å². The minimum atomic E-state index is -1.19. The molecule has 0 unspecified atom stereocenters. The molecule has 1 aromatic carbocycles. The summed E-state index contributed by atoms with van der Waals surface area (Å²) in [7, 11) is 0. The number of esters is 1. The zero-order chi connectivity index (χ0) is 17.9. The highest BCUT2D eigenvalue weighted by Gasteiger charge is 2.23. The average molecular weight is 323 g/mol. The summed E-state index contributed by atoms with van der Waals surface area (Å²) < 4.78 is 5.06. The van der Waals surface area contributed by atoms with Crippen LogP contribution in [0.15, 0.2) is 24.3 Å². The van der Waals surface area contributed by atoms with Crippen LogP contribution < -0.4 is 0 Å². The molecule has 0 aliphatic heterocycles. The molecule has 0 amide bonds. The molecule has 6 nitrogen and oxygen atoms in total. The Labute approximate surface area is 139 Å². The van der Waals surface area contributed by atoms with Crippen molar-refractivity contribution in [1.29, 1.82) is 10.7 Å². The van der Waals surface area contributed by atoms with Gasteiger partial charge in [-0.3, -0.25) is 9.78 Å². The molecule has 0 fully saturated rings. The largest absolute Gasteiger partial charge is 0.454 e. The number of rotatable bonds is 5. The first-order valence-electron chi connectivity index (χ1n) is 7.37. The van der Waals surface area contributed by atoms with E-state index in [9.17, 15) is 9.59 Å². The Morgan fingerprint density at radius 1 is 1.33 bits per heavy atom. The van der Waals surface area contributed by atoms with E-state index in [0.717, 1.165) is 16.5 Å². The van der Waals surface area contributed by atoms with Crippen molar-refractivity contribution in [3.05, 3.63) is 41.1 Å². The van der Waals surface area contributed by atoms with Crippen LogP contribution in [0.4, 0.5) is 0 Å². The Balaban J connectivity index is 2.25. The normalized spacial score (nSPS) is 11.6. The third-order valence-corrected chi connectivity index (χ3v) is 3.77. The number of nitrogens with one attached hydrogen (secondary N) is 1. The molecular weight excluding hydrogens is 306 g/mol.